The summed E-state index contributed by atoms with van der Waals surface area (Å²) in [4.78, 5) is 31.3. The molecule has 31 heavy (non-hydrogen) atoms. The van der Waals surface area contributed by atoms with Gasteiger partial charge in [0.25, 0.3) is 11.5 Å². The molecule has 162 valence electrons. The van der Waals surface area contributed by atoms with Gasteiger partial charge in [0, 0.05) is 19.3 Å². The van der Waals surface area contributed by atoms with E-state index in [1.165, 1.54) is 16.7 Å². The zero-order valence-electron chi connectivity index (χ0n) is 16.6. The molecule has 0 atom stereocenters. The molecule has 3 aromatic rings. The van der Waals surface area contributed by atoms with Crippen molar-refractivity contribution in [2.24, 2.45) is 0 Å². The fraction of sp³-hybridized carbons (Fsp3) is 0.286. The number of nitrogens with zero attached hydrogens (tertiary/aromatic N) is 4. The first kappa shape index (κ1) is 20.7. The van der Waals surface area contributed by atoms with Crippen LogP contribution in [0.2, 0.25) is 0 Å². The van der Waals surface area contributed by atoms with Crippen LogP contribution >= 0.6 is 0 Å². The fourth-order valence-corrected chi connectivity index (χ4v) is 3.44. The number of pyridine rings is 1. The van der Waals surface area contributed by atoms with Crippen molar-refractivity contribution in [1.82, 2.24) is 19.0 Å². The number of aryl methyl sites for hydroxylation is 1. The van der Waals surface area contributed by atoms with Crippen molar-refractivity contribution in [2.75, 3.05) is 19.7 Å². The molecule has 10 heteroatoms. The predicted octanol–water partition coefficient (Wildman–Crippen LogP) is 2.90. The largest absolute Gasteiger partial charge is 0.492 e. The molecule has 1 aliphatic heterocycles. The summed E-state index contributed by atoms with van der Waals surface area (Å²) in [6, 6.07) is 7.59. The fourth-order valence-electron chi connectivity index (χ4n) is 3.44. The first-order valence-electron chi connectivity index (χ1n) is 9.58. The highest BCUT2D eigenvalue weighted by atomic mass is 19.4. The van der Waals surface area contributed by atoms with Crippen molar-refractivity contribution in [3.8, 4) is 11.4 Å². The lowest BCUT2D eigenvalue weighted by atomic mass is 10.2. The van der Waals surface area contributed by atoms with Gasteiger partial charge in [0.05, 0.1) is 24.1 Å². The van der Waals surface area contributed by atoms with Gasteiger partial charge in [-0.1, -0.05) is 0 Å². The van der Waals surface area contributed by atoms with Gasteiger partial charge >= 0.3 is 6.18 Å². The van der Waals surface area contributed by atoms with Crippen LogP contribution in [0, 0.1) is 6.92 Å². The maximum Gasteiger partial charge on any atom is 0.416 e. The van der Waals surface area contributed by atoms with E-state index < -0.39 is 11.7 Å². The Morgan fingerprint density at radius 2 is 1.81 bits per heavy atom. The summed E-state index contributed by atoms with van der Waals surface area (Å²) in [6.45, 7) is 2.85. The van der Waals surface area contributed by atoms with Gasteiger partial charge in [0.15, 0.2) is 0 Å². The zero-order chi connectivity index (χ0) is 22.2. The Bertz CT molecular complexity index is 1170. The van der Waals surface area contributed by atoms with E-state index in [1.54, 1.807) is 34.1 Å². The molecule has 0 saturated heterocycles. The van der Waals surface area contributed by atoms with Gasteiger partial charge in [-0.2, -0.15) is 13.2 Å². The highest BCUT2D eigenvalue weighted by molar-refractivity contribution is 5.93. The van der Waals surface area contributed by atoms with Crippen LogP contribution in [0.3, 0.4) is 0 Å². The maximum atomic E-state index is 12.8. The molecule has 3 heterocycles. The number of aromatic nitrogens is 3. The minimum absolute atomic E-state index is 0.119. The third kappa shape index (κ3) is 4.18. The number of hydrogen-bond acceptors (Lipinski definition) is 4. The Morgan fingerprint density at radius 1 is 1.06 bits per heavy atom. The molecule has 0 bridgehead atoms. The van der Waals surface area contributed by atoms with Crippen molar-refractivity contribution in [1.29, 1.82) is 0 Å². The molecule has 4 rings (SSSR count). The van der Waals surface area contributed by atoms with E-state index in [-0.39, 0.29) is 36.1 Å². The second-order valence-electron chi connectivity index (χ2n) is 7.15. The molecule has 1 aliphatic rings. The van der Waals surface area contributed by atoms with Gasteiger partial charge in [-0.25, -0.2) is 4.98 Å². The molecule has 0 spiro atoms. The molecule has 0 aliphatic carbocycles. The third-order valence-corrected chi connectivity index (χ3v) is 5.06. The van der Waals surface area contributed by atoms with Crippen LogP contribution in [0.1, 0.15) is 21.7 Å². The molecule has 0 radical (unpaired) electrons. The molecule has 7 nitrogen and oxygen atoms in total. The van der Waals surface area contributed by atoms with Crippen molar-refractivity contribution in [3.63, 3.8) is 0 Å². The van der Waals surface area contributed by atoms with Gasteiger partial charge in [-0.15, -0.1) is 0 Å². The molecule has 1 amide bonds. The lowest BCUT2D eigenvalue weighted by molar-refractivity contribution is -0.137. The topological polar surface area (TPSA) is 69.4 Å². The number of imidazole rings is 1. The standard InChI is InChI=1S/C21H19F3N4O3/c1-14-12-27(13-25-14)17-6-7-18-19(29)26(8-9-28(18)20(17)30)10-11-31-16-4-2-15(3-5-16)21(22,23)24/h2-7,12-13H,8-11H2,1H3. The number of benzene rings is 1. The smallest absolute Gasteiger partial charge is 0.416 e. The Kier molecular flexibility index (Phi) is 5.30. The van der Waals surface area contributed by atoms with Crippen molar-refractivity contribution < 1.29 is 22.7 Å². The van der Waals surface area contributed by atoms with Gasteiger partial charge in [-0.3, -0.25) is 9.59 Å². The molecule has 0 N–H and O–H groups in total. The van der Waals surface area contributed by atoms with Crippen LogP contribution in [-0.4, -0.2) is 44.6 Å². The second kappa shape index (κ2) is 7.93. The molecule has 0 saturated carbocycles. The average molecular weight is 432 g/mol. The zero-order valence-corrected chi connectivity index (χ0v) is 16.6. The van der Waals surface area contributed by atoms with Gasteiger partial charge < -0.3 is 18.8 Å². The van der Waals surface area contributed by atoms with Crippen LogP contribution in [-0.2, 0) is 12.7 Å². The summed E-state index contributed by atoms with van der Waals surface area (Å²) in [5.41, 5.74) is 0.447. The number of hydrogen-bond donors (Lipinski definition) is 0. The normalized spacial score (nSPS) is 13.9. The Balaban J connectivity index is 1.41. The highest BCUT2D eigenvalue weighted by Gasteiger charge is 2.30. The minimum atomic E-state index is -4.40. The predicted molar refractivity (Wildman–Crippen MR) is 105 cm³/mol. The molecular formula is C21H19F3N4O3. The van der Waals surface area contributed by atoms with E-state index >= 15 is 0 Å². The number of halogens is 3. The van der Waals surface area contributed by atoms with Gasteiger partial charge in [0.1, 0.15) is 23.7 Å². The Labute approximate surface area is 175 Å². The summed E-state index contributed by atoms with van der Waals surface area (Å²) >= 11 is 0. The number of ether oxygens (including phenoxy) is 1. The quantitative estimate of drug-likeness (QED) is 0.622. The van der Waals surface area contributed by atoms with E-state index in [4.69, 9.17) is 4.74 Å². The SMILES string of the molecule is Cc1cn(-c2ccc3n(c2=O)CCN(CCOc2ccc(C(F)(F)F)cc2)C3=O)cn1. The van der Waals surface area contributed by atoms with Gasteiger partial charge in [-0.05, 0) is 43.3 Å². The lowest BCUT2D eigenvalue weighted by Gasteiger charge is -2.29. The number of alkyl halides is 3. The molecule has 0 unspecified atom stereocenters. The van der Waals surface area contributed by atoms with Crippen LogP contribution in [0.5, 0.6) is 5.75 Å². The monoisotopic (exact) mass is 432 g/mol. The Hall–Kier alpha value is -3.56. The van der Waals surface area contributed by atoms with E-state index in [0.717, 1.165) is 17.8 Å². The second-order valence-corrected chi connectivity index (χ2v) is 7.15. The molecule has 2 aromatic heterocycles. The molecular weight excluding hydrogens is 413 g/mol. The van der Waals surface area contributed by atoms with Crippen molar-refractivity contribution in [3.05, 3.63) is 76.2 Å². The van der Waals surface area contributed by atoms with E-state index in [9.17, 15) is 22.8 Å². The third-order valence-electron chi connectivity index (χ3n) is 5.06. The Morgan fingerprint density at radius 3 is 2.45 bits per heavy atom. The first-order valence-corrected chi connectivity index (χ1v) is 9.58. The number of fused-ring (bicyclic) bond motifs is 1. The van der Waals surface area contributed by atoms with Crippen LogP contribution < -0.4 is 10.3 Å². The van der Waals surface area contributed by atoms with Crippen LogP contribution in [0.4, 0.5) is 13.2 Å². The number of carbonyl (C=O) groups excluding carboxylic acids is 1. The van der Waals surface area contributed by atoms with Crippen molar-refractivity contribution >= 4 is 5.91 Å². The summed E-state index contributed by atoms with van der Waals surface area (Å²) in [7, 11) is 0. The van der Waals surface area contributed by atoms with E-state index in [2.05, 4.69) is 4.98 Å². The molecule has 0 fully saturated rings. The van der Waals surface area contributed by atoms with Crippen molar-refractivity contribution in [2.45, 2.75) is 19.6 Å². The minimum Gasteiger partial charge on any atom is -0.492 e. The maximum absolute atomic E-state index is 12.8. The number of carbonyl (C=O) groups is 1. The summed E-state index contributed by atoms with van der Waals surface area (Å²) in [5, 5.41) is 0. The van der Waals surface area contributed by atoms with E-state index in [0.29, 0.717) is 18.8 Å². The summed E-state index contributed by atoms with van der Waals surface area (Å²) < 4.78 is 46.4. The molecule has 1 aromatic carbocycles. The number of rotatable bonds is 5. The van der Waals surface area contributed by atoms with Crippen LogP contribution in [0.15, 0.2) is 53.7 Å². The van der Waals surface area contributed by atoms with Crippen LogP contribution in [0.25, 0.3) is 5.69 Å². The lowest BCUT2D eigenvalue weighted by Crippen LogP contribution is -2.46. The van der Waals surface area contributed by atoms with E-state index in [1.807, 2.05) is 6.92 Å². The number of amides is 1. The summed E-state index contributed by atoms with van der Waals surface area (Å²) in [6.07, 6.45) is -1.12. The summed E-state index contributed by atoms with van der Waals surface area (Å²) in [5.74, 6) is -0.0120. The first-order chi connectivity index (χ1) is 14.7. The highest BCUT2D eigenvalue weighted by Crippen LogP contribution is 2.30. The van der Waals surface area contributed by atoms with Gasteiger partial charge in [0.2, 0.25) is 0 Å². The average Bonchev–Trinajstić information content (AvgIpc) is 3.16.